The summed E-state index contributed by atoms with van der Waals surface area (Å²) in [5, 5.41) is 0. The number of hydrogen-bond donors (Lipinski definition) is 0. The summed E-state index contributed by atoms with van der Waals surface area (Å²) < 4.78 is 5.60. The molecule has 0 saturated heterocycles. The molecular formula is C18H33NO. The number of nitrogens with zero attached hydrogens (tertiary/aromatic N) is 1. The summed E-state index contributed by atoms with van der Waals surface area (Å²) in [7, 11) is 0. The first-order valence-corrected chi connectivity index (χ1v) is 8.16. The van der Waals surface area contributed by atoms with Crippen molar-refractivity contribution in [2.75, 3.05) is 26.2 Å². The Hall–Kier alpha value is -0.760. The van der Waals surface area contributed by atoms with Crippen LogP contribution >= 0.6 is 0 Å². The average molecular weight is 279 g/mol. The zero-order valence-electron chi connectivity index (χ0n) is 14.1. The zero-order chi connectivity index (χ0) is 15.0. The lowest BCUT2D eigenvalue weighted by Gasteiger charge is -2.32. The van der Waals surface area contributed by atoms with E-state index in [0.29, 0.717) is 5.41 Å². The fourth-order valence-electron chi connectivity index (χ4n) is 2.72. The van der Waals surface area contributed by atoms with Gasteiger partial charge in [0, 0.05) is 6.54 Å². The second-order valence-electron chi connectivity index (χ2n) is 6.82. The van der Waals surface area contributed by atoms with Crippen LogP contribution in [0.2, 0.25) is 0 Å². The Morgan fingerprint density at radius 1 is 1.30 bits per heavy atom. The first-order valence-electron chi connectivity index (χ1n) is 8.16. The SMILES string of the molecule is CCN(CC)CCO/C=C/C1=CCC(C(C)(C)C)CC1. The van der Waals surface area contributed by atoms with Crippen molar-refractivity contribution in [2.45, 2.75) is 53.9 Å². The fraction of sp³-hybridized carbons (Fsp3) is 0.778. The monoisotopic (exact) mass is 279 g/mol. The Morgan fingerprint density at radius 2 is 2.00 bits per heavy atom. The van der Waals surface area contributed by atoms with Gasteiger partial charge in [0.1, 0.15) is 0 Å². The number of rotatable bonds is 7. The molecule has 116 valence electrons. The highest BCUT2D eigenvalue weighted by Gasteiger charge is 2.25. The number of likely N-dealkylation sites (N-methyl/N-ethyl adjacent to an activating group) is 1. The van der Waals surface area contributed by atoms with E-state index in [1.54, 1.807) is 0 Å². The summed E-state index contributed by atoms with van der Waals surface area (Å²) in [6.07, 6.45) is 10.1. The lowest BCUT2D eigenvalue weighted by molar-refractivity contribution is 0.186. The van der Waals surface area contributed by atoms with E-state index in [1.807, 2.05) is 6.26 Å². The van der Waals surface area contributed by atoms with Gasteiger partial charge in [-0.15, -0.1) is 0 Å². The van der Waals surface area contributed by atoms with Crippen LogP contribution in [0.5, 0.6) is 0 Å². The maximum atomic E-state index is 5.60. The molecule has 20 heavy (non-hydrogen) atoms. The third kappa shape index (κ3) is 6.13. The van der Waals surface area contributed by atoms with Crippen molar-refractivity contribution in [1.82, 2.24) is 4.90 Å². The molecule has 0 aliphatic heterocycles. The van der Waals surface area contributed by atoms with Crippen LogP contribution in [0.1, 0.15) is 53.9 Å². The van der Waals surface area contributed by atoms with Gasteiger partial charge in [-0.05, 0) is 55.3 Å². The Balaban J connectivity index is 2.25. The van der Waals surface area contributed by atoms with Crippen LogP contribution in [0, 0.1) is 11.3 Å². The minimum atomic E-state index is 0.437. The van der Waals surface area contributed by atoms with Crippen molar-refractivity contribution in [3.63, 3.8) is 0 Å². The van der Waals surface area contributed by atoms with Crippen molar-refractivity contribution in [3.8, 4) is 0 Å². The van der Waals surface area contributed by atoms with Gasteiger partial charge in [0.2, 0.25) is 0 Å². The van der Waals surface area contributed by atoms with Crippen molar-refractivity contribution < 1.29 is 4.74 Å². The molecule has 0 aromatic carbocycles. The predicted octanol–water partition coefficient (Wildman–Crippen LogP) is 4.63. The summed E-state index contributed by atoms with van der Waals surface area (Å²) >= 11 is 0. The first-order chi connectivity index (χ1) is 9.47. The second kappa shape index (κ2) is 8.51. The molecule has 0 aromatic rings. The van der Waals surface area contributed by atoms with Crippen LogP contribution in [-0.4, -0.2) is 31.1 Å². The summed E-state index contributed by atoms with van der Waals surface area (Å²) in [4.78, 5) is 2.38. The normalized spacial score (nSPS) is 20.5. The summed E-state index contributed by atoms with van der Waals surface area (Å²) in [6.45, 7) is 15.4. The van der Waals surface area contributed by atoms with E-state index in [4.69, 9.17) is 4.74 Å². The molecule has 0 fully saturated rings. The Bertz CT molecular complexity index is 321. The van der Waals surface area contributed by atoms with E-state index in [-0.39, 0.29) is 0 Å². The van der Waals surface area contributed by atoms with E-state index >= 15 is 0 Å². The molecule has 0 aromatic heterocycles. The van der Waals surface area contributed by atoms with Crippen molar-refractivity contribution >= 4 is 0 Å². The van der Waals surface area contributed by atoms with Crippen LogP contribution in [0.3, 0.4) is 0 Å². The van der Waals surface area contributed by atoms with Crippen molar-refractivity contribution in [2.24, 2.45) is 11.3 Å². The molecular weight excluding hydrogens is 246 g/mol. The number of ether oxygens (including phenoxy) is 1. The molecule has 0 spiro atoms. The van der Waals surface area contributed by atoms with Crippen molar-refractivity contribution in [3.05, 3.63) is 24.0 Å². The molecule has 0 bridgehead atoms. The largest absolute Gasteiger partial charge is 0.500 e. The van der Waals surface area contributed by atoms with Gasteiger partial charge in [-0.3, -0.25) is 0 Å². The highest BCUT2D eigenvalue weighted by Crippen LogP contribution is 2.37. The van der Waals surface area contributed by atoms with Gasteiger partial charge in [0.05, 0.1) is 12.9 Å². The van der Waals surface area contributed by atoms with Gasteiger partial charge in [-0.1, -0.05) is 40.7 Å². The molecule has 1 unspecified atom stereocenters. The minimum absolute atomic E-state index is 0.437. The highest BCUT2D eigenvalue weighted by atomic mass is 16.5. The molecule has 2 heteroatoms. The van der Waals surface area contributed by atoms with Gasteiger partial charge >= 0.3 is 0 Å². The Morgan fingerprint density at radius 3 is 2.50 bits per heavy atom. The lowest BCUT2D eigenvalue weighted by atomic mass is 9.73. The number of hydrogen-bond acceptors (Lipinski definition) is 2. The van der Waals surface area contributed by atoms with Crippen LogP contribution < -0.4 is 0 Å². The van der Waals surface area contributed by atoms with E-state index in [1.165, 1.54) is 24.8 Å². The van der Waals surface area contributed by atoms with Gasteiger partial charge in [-0.2, -0.15) is 0 Å². The van der Waals surface area contributed by atoms with Gasteiger partial charge < -0.3 is 9.64 Å². The zero-order valence-corrected chi connectivity index (χ0v) is 14.1. The van der Waals surface area contributed by atoms with E-state index in [9.17, 15) is 0 Å². The predicted molar refractivity (Wildman–Crippen MR) is 87.8 cm³/mol. The van der Waals surface area contributed by atoms with Gasteiger partial charge in [-0.25, -0.2) is 0 Å². The highest BCUT2D eigenvalue weighted by molar-refractivity contribution is 5.20. The van der Waals surface area contributed by atoms with E-state index < -0.39 is 0 Å². The quantitative estimate of drug-likeness (QED) is 0.497. The molecule has 1 aliphatic carbocycles. The molecule has 0 saturated carbocycles. The Kier molecular flexibility index (Phi) is 7.36. The molecule has 1 aliphatic rings. The van der Waals surface area contributed by atoms with E-state index in [2.05, 4.69) is 51.7 Å². The van der Waals surface area contributed by atoms with Crippen LogP contribution in [0.15, 0.2) is 24.0 Å². The van der Waals surface area contributed by atoms with E-state index in [0.717, 1.165) is 32.2 Å². The van der Waals surface area contributed by atoms with Gasteiger partial charge in [0.25, 0.3) is 0 Å². The molecule has 0 heterocycles. The molecule has 1 rings (SSSR count). The molecule has 0 N–H and O–H groups in total. The van der Waals surface area contributed by atoms with Gasteiger partial charge in [0.15, 0.2) is 0 Å². The first kappa shape index (κ1) is 17.3. The van der Waals surface area contributed by atoms with Crippen LogP contribution in [0.25, 0.3) is 0 Å². The maximum Gasteiger partial charge on any atom is 0.1000 e. The third-order valence-corrected chi connectivity index (χ3v) is 4.47. The molecule has 0 amide bonds. The average Bonchev–Trinajstić information content (AvgIpc) is 2.42. The fourth-order valence-corrected chi connectivity index (χ4v) is 2.72. The lowest BCUT2D eigenvalue weighted by Crippen LogP contribution is -2.26. The standard InChI is InChI=1S/C18H33NO/c1-6-19(7-2)13-15-20-14-12-16-8-10-17(11-9-16)18(3,4)5/h8,12,14,17H,6-7,9-11,13,15H2,1-5H3/b14-12+. The smallest absolute Gasteiger partial charge is 0.1000 e. The van der Waals surface area contributed by atoms with Crippen LogP contribution in [0.4, 0.5) is 0 Å². The summed E-state index contributed by atoms with van der Waals surface area (Å²) in [6, 6.07) is 0. The van der Waals surface area contributed by atoms with Crippen LogP contribution in [-0.2, 0) is 4.74 Å². The molecule has 0 radical (unpaired) electrons. The summed E-state index contributed by atoms with van der Waals surface area (Å²) in [5.41, 5.74) is 1.87. The minimum Gasteiger partial charge on any atom is -0.500 e. The number of allylic oxidation sites excluding steroid dienone is 3. The third-order valence-electron chi connectivity index (χ3n) is 4.47. The topological polar surface area (TPSA) is 12.5 Å². The Labute approximate surface area is 125 Å². The maximum absolute atomic E-state index is 5.60. The second-order valence-corrected chi connectivity index (χ2v) is 6.82. The summed E-state index contributed by atoms with van der Waals surface area (Å²) in [5.74, 6) is 0.822. The van der Waals surface area contributed by atoms with Crippen molar-refractivity contribution in [1.29, 1.82) is 0 Å². The molecule has 2 nitrogen and oxygen atoms in total. The molecule has 1 atom stereocenters.